The van der Waals surface area contributed by atoms with E-state index in [9.17, 15) is 4.79 Å². The fraction of sp³-hybridized carbons (Fsp3) is 0.550. The van der Waals surface area contributed by atoms with E-state index in [1.54, 1.807) is 0 Å². The number of amides is 2. The molecule has 0 saturated carbocycles. The molecule has 1 N–H and O–H groups in total. The molecule has 1 aliphatic rings. The average Bonchev–Trinajstić information content (AvgIpc) is 2.55. The second-order valence-electron chi connectivity index (χ2n) is 7.13. The number of para-hydroxylation sites is 1. The molecular formula is C20H31N3O. The number of nitrogens with one attached hydrogen (secondary N) is 1. The molecule has 0 aliphatic carbocycles. The highest BCUT2D eigenvalue weighted by molar-refractivity contribution is 5.91. The van der Waals surface area contributed by atoms with Gasteiger partial charge >= 0.3 is 6.03 Å². The third-order valence-electron chi connectivity index (χ3n) is 4.65. The topological polar surface area (TPSA) is 35.6 Å². The van der Waals surface area contributed by atoms with E-state index in [0.29, 0.717) is 11.8 Å². The SMILES string of the molecule is C=CCN1CCN(C(=O)Nc2c(C(C)C)cccc2C(C)C)CC1. The van der Waals surface area contributed by atoms with Crippen LogP contribution < -0.4 is 5.32 Å². The van der Waals surface area contributed by atoms with Gasteiger partial charge in [0.1, 0.15) is 0 Å². The summed E-state index contributed by atoms with van der Waals surface area (Å²) < 4.78 is 0. The minimum Gasteiger partial charge on any atom is -0.322 e. The number of anilines is 1. The highest BCUT2D eigenvalue weighted by Gasteiger charge is 2.22. The Bertz CT molecular complexity index is 546. The lowest BCUT2D eigenvalue weighted by Gasteiger charge is -2.34. The molecule has 0 radical (unpaired) electrons. The number of nitrogens with zero attached hydrogens (tertiary/aromatic N) is 2. The standard InChI is InChI=1S/C20H31N3O/c1-6-10-22-11-13-23(14-12-22)20(24)21-19-17(15(2)3)8-7-9-18(19)16(4)5/h6-9,15-16H,1,10-14H2,2-5H3,(H,21,24). The lowest BCUT2D eigenvalue weighted by Crippen LogP contribution is -2.50. The number of hydrogen-bond donors (Lipinski definition) is 1. The van der Waals surface area contributed by atoms with Crippen molar-refractivity contribution in [3.8, 4) is 0 Å². The van der Waals surface area contributed by atoms with Gasteiger partial charge in [-0.1, -0.05) is 52.0 Å². The maximum absolute atomic E-state index is 12.8. The first-order chi connectivity index (χ1) is 11.4. The summed E-state index contributed by atoms with van der Waals surface area (Å²) in [5, 5.41) is 3.21. The zero-order valence-corrected chi connectivity index (χ0v) is 15.5. The van der Waals surface area contributed by atoms with Gasteiger partial charge in [0.15, 0.2) is 0 Å². The molecule has 1 saturated heterocycles. The summed E-state index contributed by atoms with van der Waals surface area (Å²) in [6.45, 7) is 16.7. The van der Waals surface area contributed by atoms with Gasteiger partial charge < -0.3 is 10.2 Å². The minimum atomic E-state index is 0.0169. The number of hydrogen-bond acceptors (Lipinski definition) is 2. The van der Waals surface area contributed by atoms with Crippen LogP contribution in [0.3, 0.4) is 0 Å². The Balaban J connectivity index is 2.13. The first kappa shape index (κ1) is 18.5. The van der Waals surface area contributed by atoms with Gasteiger partial charge in [-0.15, -0.1) is 6.58 Å². The summed E-state index contributed by atoms with van der Waals surface area (Å²) in [7, 11) is 0. The van der Waals surface area contributed by atoms with E-state index in [1.165, 1.54) is 11.1 Å². The summed E-state index contributed by atoms with van der Waals surface area (Å²) in [5.41, 5.74) is 3.42. The Morgan fingerprint density at radius 3 is 2.12 bits per heavy atom. The highest BCUT2D eigenvalue weighted by Crippen LogP contribution is 2.32. The molecule has 0 atom stereocenters. The molecule has 4 heteroatoms. The van der Waals surface area contributed by atoms with Gasteiger partial charge in [-0.05, 0) is 23.0 Å². The van der Waals surface area contributed by atoms with Crippen molar-refractivity contribution < 1.29 is 4.79 Å². The van der Waals surface area contributed by atoms with Crippen molar-refractivity contribution in [3.05, 3.63) is 42.0 Å². The number of piperazine rings is 1. The van der Waals surface area contributed by atoms with E-state index < -0.39 is 0 Å². The number of carbonyl (C=O) groups excluding carboxylic acids is 1. The predicted octanol–water partition coefficient (Wildman–Crippen LogP) is 4.27. The zero-order chi connectivity index (χ0) is 17.7. The van der Waals surface area contributed by atoms with Crippen LogP contribution >= 0.6 is 0 Å². The first-order valence-corrected chi connectivity index (χ1v) is 8.96. The Kier molecular flexibility index (Phi) is 6.44. The van der Waals surface area contributed by atoms with Crippen molar-refractivity contribution >= 4 is 11.7 Å². The number of urea groups is 1. The molecule has 0 aromatic heterocycles. The fourth-order valence-electron chi connectivity index (χ4n) is 3.20. The van der Waals surface area contributed by atoms with Crippen LogP contribution in [0, 0.1) is 0 Å². The van der Waals surface area contributed by atoms with Gasteiger partial charge in [0.05, 0.1) is 0 Å². The van der Waals surface area contributed by atoms with Crippen molar-refractivity contribution in [1.29, 1.82) is 0 Å². The molecule has 2 amide bonds. The van der Waals surface area contributed by atoms with Crippen LogP contribution in [0.5, 0.6) is 0 Å². The van der Waals surface area contributed by atoms with Crippen LogP contribution in [-0.2, 0) is 0 Å². The van der Waals surface area contributed by atoms with Gasteiger partial charge in [-0.2, -0.15) is 0 Å². The fourth-order valence-corrected chi connectivity index (χ4v) is 3.20. The summed E-state index contributed by atoms with van der Waals surface area (Å²) in [6.07, 6.45) is 1.92. The highest BCUT2D eigenvalue weighted by atomic mass is 16.2. The van der Waals surface area contributed by atoms with E-state index in [0.717, 1.165) is 38.4 Å². The molecule has 132 valence electrons. The van der Waals surface area contributed by atoms with Crippen molar-refractivity contribution in [2.45, 2.75) is 39.5 Å². The predicted molar refractivity (Wildman–Crippen MR) is 102 cm³/mol. The Morgan fingerprint density at radius 2 is 1.67 bits per heavy atom. The molecule has 1 aromatic rings. The van der Waals surface area contributed by atoms with Crippen molar-refractivity contribution in [3.63, 3.8) is 0 Å². The average molecular weight is 329 g/mol. The van der Waals surface area contributed by atoms with E-state index >= 15 is 0 Å². The smallest absolute Gasteiger partial charge is 0.321 e. The molecule has 24 heavy (non-hydrogen) atoms. The van der Waals surface area contributed by atoms with Gasteiger partial charge in [0.2, 0.25) is 0 Å². The molecule has 0 spiro atoms. The Morgan fingerprint density at radius 1 is 1.12 bits per heavy atom. The summed E-state index contributed by atoms with van der Waals surface area (Å²) in [6, 6.07) is 6.35. The van der Waals surface area contributed by atoms with Crippen LogP contribution in [0.2, 0.25) is 0 Å². The van der Waals surface area contributed by atoms with Gasteiger partial charge in [-0.25, -0.2) is 4.79 Å². The molecule has 1 heterocycles. The van der Waals surface area contributed by atoms with Crippen LogP contribution in [0.25, 0.3) is 0 Å². The lowest BCUT2D eigenvalue weighted by molar-refractivity contribution is 0.155. The maximum Gasteiger partial charge on any atom is 0.321 e. The van der Waals surface area contributed by atoms with E-state index in [-0.39, 0.29) is 6.03 Å². The van der Waals surface area contributed by atoms with Crippen LogP contribution in [-0.4, -0.2) is 48.6 Å². The summed E-state index contributed by atoms with van der Waals surface area (Å²) in [5.74, 6) is 0.756. The molecule has 1 aliphatic heterocycles. The second-order valence-corrected chi connectivity index (χ2v) is 7.13. The van der Waals surface area contributed by atoms with Crippen LogP contribution in [0.4, 0.5) is 10.5 Å². The van der Waals surface area contributed by atoms with Gasteiger partial charge in [0.25, 0.3) is 0 Å². The Labute approximate surface area is 146 Å². The largest absolute Gasteiger partial charge is 0.322 e. The molecule has 4 nitrogen and oxygen atoms in total. The lowest BCUT2D eigenvalue weighted by atomic mass is 9.93. The number of rotatable bonds is 5. The van der Waals surface area contributed by atoms with E-state index in [4.69, 9.17) is 0 Å². The van der Waals surface area contributed by atoms with Crippen LogP contribution in [0.1, 0.15) is 50.7 Å². The van der Waals surface area contributed by atoms with Crippen molar-refractivity contribution in [2.24, 2.45) is 0 Å². The van der Waals surface area contributed by atoms with Crippen molar-refractivity contribution in [2.75, 3.05) is 38.0 Å². The second kappa shape index (κ2) is 8.34. The first-order valence-electron chi connectivity index (χ1n) is 8.96. The molecule has 0 unspecified atom stereocenters. The molecule has 1 fully saturated rings. The normalized spacial score (nSPS) is 15.8. The maximum atomic E-state index is 12.8. The third-order valence-corrected chi connectivity index (χ3v) is 4.65. The minimum absolute atomic E-state index is 0.0169. The number of carbonyl (C=O) groups is 1. The summed E-state index contributed by atoms with van der Waals surface area (Å²) in [4.78, 5) is 17.0. The quantitative estimate of drug-likeness (QED) is 0.819. The Hall–Kier alpha value is -1.81. The summed E-state index contributed by atoms with van der Waals surface area (Å²) >= 11 is 0. The number of benzene rings is 1. The zero-order valence-electron chi connectivity index (χ0n) is 15.5. The third kappa shape index (κ3) is 4.38. The van der Waals surface area contributed by atoms with E-state index in [1.807, 2.05) is 11.0 Å². The monoisotopic (exact) mass is 329 g/mol. The van der Waals surface area contributed by atoms with Gasteiger partial charge in [0, 0.05) is 38.4 Å². The molecule has 2 rings (SSSR count). The molecule has 1 aromatic carbocycles. The van der Waals surface area contributed by atoms with Gasteiger partial charge in [-0.3, -0.25) is 4.90 Å². The van der Waals surface area contributed by atoms with Crippen molar-refractivity contribution in [1.82, 2.24) is 9.80 Å². The molecule has 0 bridgehead atoms. The molecular weight excluding hydrogens is 298 g/mol. The van der Waals surface area contributed by atoms with Crippen LogP contribution in [0.15, 0.2) is 30.9 Å². The van der Waals surface area contributed by atoms with E-state index in [2.05, 4.69) is 62.7 Å².